The number of carbonyl (C=O) groups excluding carboxylic acids is 1. The lowest BCUT2D eigenvalue weighted by Gasteiger charge is -2.27. The van der Waals surface area contributed by atoms with Crippen LogP contribution in [0.1, 0.15) is 17.2 Å². The molecule has 5 heteroatoms. The maximum Gasteiger partial charge on any atom is 0.411 e. The molecule has 0 saturated carbocycles. The molecule has 3 rings (SSSR count). The second-order valence-corrected chi connectivity index (χ2v) is 6.58. The fraction of sp³-hybridized carbons (Fsp3) is 0.278. The normalized spacial score (nSPS) is 18.7. The lowest BCUT2D eigenvalue weighted by atomic mass is 10.1. The molecule has 1 heterocycles. The van der Waals surface area contributed by atoms with Crippen molar-refractivity contribution in [2.24, 2.45) is 0 Å². The average molecular weight is 329 g/mol. The first-order valence-electron chi connectivity index (χ1n) is 7.57. The van der Waals surface area contributed by atoms with Gasteiger partial charge in [-0.2, -0.15) is 0 Å². The van der Waals surface area contributed by atoms with Gasteiger partial charge in [0.1, 0.15) is 18.1 Å². The van der Waals surface area contributed by atoms with Crippen LogP contribution in [0.25, 0.3) is 0 Å². The van der Waals surface area contributed by atoms with Gasteiger partial charge in [-0.25, -0.2) is 4.79 Å². The fourth-order valence-corrected chi connectivity index (χ4v) is 3.82. The van der Waals surface area contributed by atoms with Crippen LogP contribution in [0.2, 0.25) is 0 Å². The van der Waals surface area contributed by atoms with Gasteiger partial charge < -0.3 is 9.84 Å². The molecule has 1 saturated heterocycles. The van der Waals surface area contributed by atoms with E-state index in [1.807, 2.05) is 60.7 Å². The fourth-order valence-electron chi connectivity index (χ4n) is 2.56. The number of thioether (sulfide) groups is 1. The molecule has 1 aliphatic rings. The quantitative estimate of drug-likeness (QED) is 0.933. The van der Waals surface area contributed by atoms with Crippen LogP contribution in [-0.2, 0) is 11.3 Å². The van der Waals surface area contributed by atoms with Gasteiger partial charge in [-0.05, 0) is 11.1 Å². The molecule has 1 N–H and O–H groups in total. The summed E-state index contributed by atoms with van der Waals surface area (Å²) in [6.07, 6.45) is -1.09. The molecule has 1 amide bonds. The first kappa shape index (κ1) is 15.9. The van der Waals surface area contributed by atoms with E-state index in [0.29, 0.717) is 6.54 Å². The van der Waals surface area contributed by atoms with Crippen LogP contribution in [0.4, 0.5) is 4.79 Å². The molecule has 0 radical (unpaired) electrons. The van der Waals surface area contributed by atoms with Crippen molar-refractivity contribution in [3.8, 4) is 0 Å². The lowest BCUT2D eigenvalue weighted by Crippen LogP contribution is -2.38. The Hall–Kier alpha value is -1.98. The smallest absolute Gasteiger partial charge is 0.411 e. The number of carbonyl (C=O) groups is 1. The van der Waals surface area contributed by atoms with Gasteiger partial charge in [0.2, 0.25) is 0 Å². The molecule has 2 unspecified atom stereocenters. The molecule has 0 spiro atoms. The standard InChI is InChI=1S/C18H19NO3S/c20-16(15-9-5-2-6-10-15)17-19(11-12-23-17)18(21)22-13-14-7-3-1-4-8-14/h1-10,16-17,20H,11-13H2. The largest absolute Gasteiger partial charge is 0.445 e. The molecule has 1 fully saturated rings. The average Bonchev–Trinajstić information content (AvgIpc) is 3.10. The summed E-state index contributed by atoms with van der Waals surface area (Å²) in [5.74, 6) is 0.801. The Bertz CT molecular complexity index is 635. The van der Waals surface area contributed by atoms with Gasteiger partial charge in [-0.15, -0.1) is 11.8 Å². The molecule has 2 aromatic rings. The van der Waals surface area contributed by atoms with Crippen LogP contribution in [-0.4, -0.2) is 33.8 Å². The van der Waals surface area contributed by atoms with Crippen molar-refractivity contribution in [1.29, 1.82) is 0 Å². The Morgan fingerprint density at radius 2 is 1.83 bits per heavy atom. The first-order valence-corrected chi connectivity index (χ1v) is 8.62. The number of rotatable bonds is 4. The van der Waals surface area contributed by atoms with Crippen LogP contribution >= 0.6 is 11.8 Å². The number of aliphatic hydroxyl groups excluding tert-OH is 1. The molecule has 23 heavy (non-hydrogen) atoms. The van der Waals surface area contributed by atoms with Gasteiger partial charge in [-0.1, -0.05) is 60.7 Å². The molecular formula is C18H19NO3S. The van der Waals surface area contributed by atoms with E-state index >= 15 is 0 Å². The van der Waals surface area contributed by atoms with Crippen molar-refractivity contribution in [2.75, 3.05) is 12.3 Å². The zero-order chi connectivity index (χ0) is 16.1. The summed E-state index contributed by atoms with van der Waals surface area (Å²) in [4.78, 5) is 14.0. The van der Waals surface area contributed by atoms with E-state index in [-0.39, 0.29) is 18.1 Å². The molecule has 2 aromatic carbocycles. The zero-order valence-corrected chi connectivity index (χ0v) is 13.5. The van der Waals surface area contributed by atoms with Crippen molar-refractivity contribution in [3.63, 3.8) is 0 Å². The number of nitrogens with zero attached hydrogens (tertiary/aromatic N) is 1. The van der Waals surface area contributed by atoms with Gasteiger partial charge >= 0.3 is 6.09 Å². The first-order chi connectivity index (χ1) is 11.3. The minimum Gasteiger partial charge on any atom is -0.445 e. The lowest BCUT2D eigenvalue weighted by molar-refractivity contribution is 0.0654. The molecule has 120 valence electrons. The number of ether oxygens (including phenoxy) is 1. The Balaban J connectivity index is 1.63. The Morgan fingerprint density at radius 1 is 1.17 bits per heavy atom. The molecule has 2 atom stereocenters. The van der Waals surface area contributed by atoms with Gasteiger partial charge in [0.15, 0.2) is 0 Å². The number of aliphatic hydroxyl groups is 1. The zero-order valence-electron chi connectivity index (χ0n) is 12.7. The summed E-state index contributed by atoms with van der Waals surface area (Å²) in [6, 6.07) is 19.0. The van der Waals surface area contributed by atoms with Crippen molar-refractivity contribution in [3.05, 3.63) is 71.8 Å². The van der Waals surface area contributed by atoms with E-state index in [0.717, 1.165) is 16.9 Å². The van der Waals surface area contributed by atoms with Crippen LogP contribution in [0.3, 0.4) is 0 Å². The van der Waals surface area contributed by atoms with Crippen LogP contribution in [0.5, 0.6) is 0 Å². The molecule has 1 aliphatic heterocycles. The number of amides is 1. The van der Waals surface area contributed by atoms with Crippen molar-refractivity contribution in [2.45, 2.75) is 18.1 Å². The van der Waals surface area contributed by atoms with E-state index < -0.39 is 6.10 Å². The molecule has 0 bridgehead atoms. The third kappa shape index (κ3) is 3.86. The third-order valence-electron chi connectivity index (χ3n) is 3.78. The van der Waals surface area contributed by atoms with Gasteiger partial charge in [0, 0.05) is 12.3 Å². The summed E-state index contributed by atoms with van der Waals surface area (Å²) in [5, 5.41) is 10.2. The molecular weight excluding hydrogens is 310 g/mol. The minimum absolute atomic E-state index is 0.245. The second-order valence-electron chi connectivity index (χ2n) is 5.35. The Kier molecular flexibility index (Phi) is 5.20. The highest BCUT2D eigenvalue weighted by atomic mass is 32.2. The van der Waals surface area contributed by atoms with Crippen molar-refractivity contribution >= 4 is 17.9 Å². The number of hydrogen-bond acceptors (Lipinski definition) is 4. The summed E-state index contributed by atoms with van der Waals surface area (Å²) in [6.45, 7) is 0.835. The highest BCUT2D eigenvalue weighted by Gasteiger charge is 2.36. The maximum atomic E-state index is 12.3. The van der Waals surface area contributed by atoms with E-state index in [1.54, 1.807) is 16.7 Å². The van der Waals surface area contributed by atoms with Crippen LogP contribution in [0, 0.1) is 0 Å². The van der Waals surface area contributed by atoms with Gasteiger partial charge in [-0.3, -0.25) is 4.90 Å². The monoisotopic (exact) mass is 329 g/mol. The van der Waals surface area contributed by atoms with Gasteiger partial charge in [0.25, 0.3) is 0 Å². The topological polar surface area (TPSA) is 49.8 Å². The third-order valence-corrected chi connectivity index (χ3v) is 5.05. The van der Waals surface area contributed by atoms with Crippen molar-refractivity contribution in [1.82, 2.24) is 4.90 Å². The Labute approximate surface area is 140 Å². The maximum absolute atomic E-state index is 12.3. The Morgan fingerprint density at radius 3 is 2.52 bits per heavy atom. The van der Waals surface area contributed by atoms with Gasteiger partial charge in [0.05, 0.1) is 0 Å². The summed E-state index contributed by atoms with van der Waals surface area (Å²) < 4.78 is 5.39. The van der Waals surface area contributed by atoms with E-state index in [4.69, 9.17) is 4.74 Å². The SMILES string of the molecule is O=C(OCc1ccccc1)N1CCSC1C(O)c1ccccc1. The van der Waals surface area contributed by atoms with Crippen LogP contribution < -0.4 is 0 Å². The summed E-state index contributed by atoms with van der Waals surface area (Å²) >= 11 is 1.58. The highest BCUT2D eigenvalue weighted by Crippen LogP contribution is 2.34. The van der Waals surface area contributed by atoms with E-state index in [1.165, 1.54) is 0 Å². The highest BCUT2D eigenvalue weighted by molar-refractivity contribution is 8.00. The minimum atomic E-state index is -0.715. The second kappa shape index (κ2) is 7.53. The number of hydrogen-bond donors (Lipinski definition) is 1. The van der Waals surface area contributed by atoms with E-state index in [2.05, 4.69) is 0 Å². The summed E-state index contributed by atoms with van der Waals surface area (Å²) in [7, 11) is 0. The molecule has 4 nitrogen and oxygen atoms in total. The summed E-state index contributed by atoms with van der Waals surface area (Å²) in [5.41, 5.74) is 1.76. The predicted octanol–water partition coefficient (Wildman–Crippen LogP) is 3.43. The predicted molar refractivity (Wildman–Crippen MR) is 91.0 cm³/mol. The van der Waals surface area contributed by atoms with Crippen molar-refractivity contribution < 1.29 is 14.6 Å². The van der Waals surface area contributed by atoms with E-state index in [9.17, 15) is 9.90 Å². The van der Waals surface area contributed by atoms with Crippen LogP contribution in [0.15, 0.2) is 60.7 Å². The molecule has 0 aliphatic carbocycles. The number of benzene rings is 2. The molecule has 0 aromatic heterocycles.